The first-order chi connectivity index (χ1) is 14.4. The maximum Gasteiger partial charge on any atom is 0.267 e. The number of hydrogen-bond donors (Lipinski definition) is 2. The standard InChI is InChI=1S/C20H24N4O4S2/c1-13(2)12-24-19(27)15(30-20(24)29)11-14-17(21-6-9-28-10-8-25)22-16-5-3-4-7-23(16)18(14)26/h3-5,7,11,13,21,25H,6,8-10,12H2,1-2H3/b15-11+. The van der Waals surface area contributed by atoms with E-state index in [1.807, 2.05) is 13.8 Å². The van der Waals surface area contributed by atoms with Gasteiger partial charge in [0.15, 0.2) is 0 Å². The SMILES string of the molecule is CC(C)CN1C(=O)/C(=C\c2c(NCCOCCO)nc3ccccn3c2=O)SC1=S. The number of ether oxygens (including phenoxy) is 1. The quantitative estimate of drug-likeness (QED) is 0.342. The van der Waals surface area contributed by atoms with Crippen LogP contribution in [0, 0.1) is 5.92 Å². The third kappa shape index (κ3) is 5.07. The Morgan fingerprint density at radius 2 is 2.13 bits per heavy atom. The van der Waals surface area contributed by atoms with Crippen molar-refractivity contribution in [2.75, 3.05) is 38.2 Å². The first-order valence-electron chi connectivity index (χ1n) is 9.61. The summed E-state index contributed by atoms with van der Waals surface area (Å²) < 4.78 is 7.18. The summed E-state index contributed by atoms with van der Waals surface area (Å²) in [6, 6.07) is 5.28. The predicted molar refractivity (Wildman–Crippen MR) is 123 cm³/mol. The molecule has 1 aliphatic rings. The summed E-state index contributed by atoms with van der Waals surface area (Å²) >= 11 is 6.55. The van der Waals surface area contributed by atoms with Gasteiger partial charge < -0.3 is 15.2 Å². The first-order valence-corrected chi connectivity index (χ1v) is 10.8. The van der Waals surface area contributed by atoms with Gasteiger partial charge in [-0.15, -0.1) is 0 Å². The Bertz CT molecular complexity index is 1040. The number of aliphatic hydroxyl groups excluding tert-OH is 1. The summed E-state index contributed by atoms with van der Waals surface area (Å²) in [6.45, 7) is 5.48. The van der Waals surface area contributed by atoms with Crippen LogP contribution < -0.4 is 10.9 Å². The van der Waals surface area contributed by atoms with E-state index in [1.165, 1.54) is 16.2 Å². The second-order valence-corrected chi connectivity index (χ2v) is 8.73. The summed E-state index contributed by atoms with van der Waals surface area (Å²) in [6.07, 6.45) is 3.20. The van der Waals surface area contributed by atoms with E-state index >= 15 is 0 Å². The van der Waals surface area contributed by atoms with Crippen LogP contribution in [0.25, 0.3) is 11.7 Å². The summed E-state index contributed by atoms with van der Waals surface area (Å²) in [5.41, 5.74) is 0.491. The Morgan fingerprint density at radius 1 is 1.33 bits per heavy atom. The number of rotatable bonds is 9. The monoisotopic (exact) mass is 448 g/mol. The largest absolute Gasteiger partial charge is 0.394 e. The van der Waals surface area contributed by atoms with Crippen molar-refractivity contribution in [2.24, 2.45) is 5.92 Å². The van der Waals surface area contributed by atoms with Crippen molar-refractivity contribution in [1.29, 1.82) is 0 Å². The molecule has 3 rings (SSSR count). The second kappa shape index (κ2) is 10.2. The van der Waals surface area contributed by atoms with Gasteiger partial charge in [-0.1, -0.05) is 43.9 Å². The fourth-order valence-corrected chi connectivity index (χ4v) is 4.19. The molecule has 2 N–H and O–H groups in total. The lowest BCUT2D eigenvalue weighted by Crippen LogP contribution is -2.31. The minimum atomic E-state index is -0.284. The number of aliphatic hydroxyl groups is 1. The van der Waals surface area contributed by atoms with Crippen molar-refractivity contribution >= 4 is 51.7 Å². The smallest absolute Gasteiger partial charge is 0.267 e. The van der Waals surface area contributed by atoms with Crippen LogP contribution in [-0.2, 0) is 9.53 Å². The summed E-state index contributed by atoms with van der Waals surface area (Å²) in [4.78, 5) is 32.5. The highest BCUT2D eigenvalue weighted by atomic mass is 32.2. The molecule has 1 saturated heterocycles. The third-order valence-corrected chi connectivity index (χ3v) is 5.62. The van der Waals surface area contributed by atoms with Gasteiger partial charge in [0.05, 0.1) is 30.3 Å². The minimum Gasteiger partial charge on any atom is -0.394 e. The van der Waals surface area contributed by atoms with Crippen LogP contribution in [0.15, 0.2) is 34.1 Å². The molecule has 0 aromatic carbocycles. The van der Waals surface area contributed by atoms with Crippen LogP contribution in [-0.4, -0.2) is 62.5 Å². The van der Waals surface area contributed by atoms with Crippen molar-refractivity contribution < 1.29 is 14.6 Å². The van der Waals surface area contributed by atoms with E-state index in [2.05, 4.69) is 10.3 Å². The molecule has 10 heteroatoms. The van der Waals surface area contributed by atoms with E-state index < -0.39 is 0 Å². The molecule has 3 heterocycles. The van der Waals surface area contributed by atoms with Crippen LogP contribution in [0.1, 0.15) is 19.4 Å². The Morgan fingerprint density at radius 3 is 2.87 bits per heavy atom. The fraction of sp³-hybridized carbons (Fsp3) is 0.400. The highest BCUT2D eigenvalue weighted by Gasteiger charge is 2.32. The zero-order valence-corrected chi connectivity index (χ0v) is 18.5. The lowest BCUT2D eigenvalue weighted by molar-refractivity contribution is -0.122. The maximum atomic E-state index is 13.1. The lowest BCUT2D eigenvalue weighted by atomic mass is 10.2. The molecule has 1 amide bonds. The van der Waals surface area contributed by atoms with E-state index in [4.69, 9.17) is 22.1 Å². The zero-order chi connectivity index (χ0) is 21.7. The molecule has 0 aliphatic carbocycles. The van der Waals surface area contributed by atoms with Crippen molar-refractivity contribution in [3.63, 3.8) is 0 Å². The van der Waals surface area contributed by atoms with Crippen LogP contribution >= 0.6 is 24.0 Å². The zero-order valence-electron chi connectivity index (χ0n) is 16.8. The second-order valence-electron chi connectivity index (χ2n) is 7.06. The van der Waals surface area contributed by atoms with Crippen LogP contribution in [0.4, 0.5) is 5.82 Å². The number of aromatic nitrogens is 2. The average molecular weight is 449 g/mol. The molecule has 0 spiro atoms. The van der Waals surface area contributed by atoms with Crippen LogP contribution in [0.2, 0.25) is 0 Å². The van der Waals surface area contributed by atoms with E-state index in [9.17, 15) is 9.59 Å². The number of hydrogen-bond acceptors (Lipinski definition) is 8. The molecule has 0 atom stereocenters. The number of anilines is 1. The van der Waals surface area contributed by atoms with Crippen molar-refractivity contribution in [2.45, 2.75) is 13.8 Å². The van der Waals surface area contributed by atoms with Gasteiger partial charge in [0.1, 0.15) is 15.8 Å². The number of carbonyl (C=O) groups is 1. The summed E-state index contributed by atoms with van der Waals surface area (Å²) in [5, 5.41) is 11.9. The van der Waals surface area contributed by atoms with Gasteiger partial charge in [0, 0.05) is 19.3 Å². The number of thiocarbonyl (C=S) groups is 1. The maximum absolute atomic E-state index is 13.1. The minimum absolute atomic E-state index is 0.0565. The predicted octanol–water partition coefficient (Wildman–Crippen LogP) is 1.97. The summed E-state index contributed by atoms with van der Waals surface area (Å²) in [5.74, 6) is 0.442. The van der Waals surface area contributed by atoms with E-state index in [0.717, 1.165) is 0 Å². The van der Waals surface area contributed by atoms with E-state index in [0.29, 0.717) is 40.4 Å². The van der Waals surface area contributed by atoms with Crippen LogP contribution in [0.5, 0.6) is 0 Å². The molecule has 0 unspecified atom stereocenters. The molecule has 160 valence electrons. The van der Waals surface area contributed by atoms with Crippen molar-refractivity contribution in [3.8, 4) is 0 Å². The third-order valence-electron chi connectivity index (χ3n) is 4.24. The first kappa shape index (κ1) is 22.4. The van der Waals surface area contributed by atoms with Gasteiger partial charge in [0.25, 0.3) is 11.5 Å². The van der Waals surface area contributed by atoms with Gasteiger partial charge in [-0.3, -0.25) is 18.9 Å². The molecule has 2 aromatic heterocycles. The van der Waals surface area contributed by atoms with Gasteiger partial charge in [-0.25, -0.2) is 4.98 Å². The Balaban J connectivity index is 1.97. The Kier molecular flexibility index (Phi) is 7.59. The van der Waals surface area contributed by atoms with Gasteiger partial charge in [0.2, 0.25) is 0 Å². The highest BCUT2D eigenvalue weighted by Crippen LogP contribution is 2.33. The van der Waals surface area contributed by atoms with Crippen molar-refractivity contribution in [1.82, 2.24) is 14.3 Å². The Labute approximate surface area is 183 Å². The van der Waals surface area contributed by atoms with E-state index in [1.54, 1.807) is 35.4 Å². The highest BCUT2D eigenvalue weighted by molar-refractivity contribution is 8.26. The molecule has 0 radical (unpaired) electrons. The molecule has 30 heavy (non-hydrogen) atoms. The molecule has 0 saturated carbocycles. The molecule has 2 aromatic rings. The topological polar surface area (TPSA) is 96.2 Å². The number of nitrogens with one attached hydrogen (secondary N) is 1. The number of nitrogens with zero attached hydrogens (tertiary/aromatic N) is 3. The number of amides is 1. The molecule has 8 nitrogen and oxygen atoms in total. The fourth-order valence-electron chi connectivity index (χ4n) is 2.93. The number of carbonyl (C=O) groups excluding carboxylic acids is 1. The average Bonchev–Trinajstić information content (AvgIpc) is 2.97. The van der Waals surface area contributed by atoms with Gasteiger partial charge in [-0.2, -0.15) is 0 Å². The van der Waals surface area contributed by atoms with Crippen LogP contribution in [0.3, 0.4) is 0 Å². The number of fused-ring (bicyclic) bond motifs is 1. The normalized spacial score (nSPS) is 15.7. The molecule has 1 fully saturated rings. The molecular weight excluding hydrogens is 424 g/mol. The lowest BCUT2D eigenvalue weighted by Gasteiger charge is -2.16. The van der Waals surface area contributed by atoms with Crippen molar-refractivity contribution in [3.05, 3.63) is 45.2 Å². The molecular formula is C20H24N4O4S2. The van der Waals surface area contributed by atoms with E-state index in [-0.39, 0.29) is 36.2 Å². The molecule has 0 bridgehead atoms. The number of thioether (sulfide) groups is 1. The Hall–Kier alpha value is -2.27. The van der Waals surface area contributed by atoms with Gasteiger partial charge >= 0.3 is 0 Å². The number of pyridine rings is 1. The summed E-state index contributed by atoms with van der Waals surface area (Å²) in [7, 11) is 0. The molecule has 1 aliphatic heterocycles. The van der Waals surface area contributed by atoms with Gasteiger partial charge in [-0.05, 0) is 24.1 Å².